The van der Waals surface area contributed by atoms with Gasteiger partial charge in [-0.1, -0.05) is 12.1 Å². The molecule has 0 saturated carbocycles. The van der Waals surface area contributed by atoms with E-state index >= 15 is 0 Å². The molecule has 3 aromatic rings. The molecular formula is C20H20N6O4. The molecule has 4 N–H and O–H groups in total. The summed E-state index contributed by atoms with van der Waals surface area (Å²) >= 11 is 0. The fourth-order valence-electron chi connectivity index (χ4n) is 2.66. The van der Waals surface area contributed by atoms with E-state index in [2.05, 4.69) is 32.2 Å². The number of nitrogens with two attached hydrogens (primary N) is 1. The van der Waals surface area contributed by atoms with Gasteiger partial charge in [0.2, 0.25) is 12.4 Å². The highest BCUT2D eigenvalue weighted by Crippen LogP contribution is 2.25. The monoisotopic (exact) mass is 408 g/mol. The van der Waals surface area contributed by atoms with Gasteiger partial charge in [0.15, 0.2) is 5.76 Å². The minimum absolute atomic E-state index is 0.0231. The Morgan fingerprint density at radius 1 is 1.23 bits per heavy atom. The molecule has 0 aliphatic carbocycles. The summed E-state index contributed by atoms with van der Waals surface area (Å²) in [5.74, 6) is 0.533. The van der Waals surface area contributed by atoms with Crippen LogP contribution in [0.1, 0.15) is 23.1 Å². The van der Waals surface area contributed by atoms with E-state index in [0.717, 1.165) is 0 Å². The van der Waals surface area contributed by atoms with Crippen LogP contribution in [0, 0.1) is 0 Å². The van der Waals surface area contributed by atoms with Crippen molar-refractivity contribution in [3.8, 4) is 11.5 Å². The number of aromatic nitrogens is 3. The van der Waals surface area contributed by atoms with Crippen LogP contribution in [0.15, 0.2) is 59.7 Å². The summed E-state index contributed by atoms with van der Waals surface area (Å²) in [7, 11) is 0. The van der Waals surface area contributed by atoms with Gasteiger partial charge in [0.25, 0.3) is 0 Å². The molecule has 3 aromatic heterocycles. The molecule has 0 spiro atoms. The zero-order chi connectivity index (χ0) is 21.3. The van der Waals surface area contributed by atoms with Crippen molar-refractivity contribution in [1.29, 1.82) is 0 Å². The Morgan fingerprint density at radius 2 is 2.10 bits per heavy atom. The lowest BCUT2D eigenvalue weighted by Gasteiger charge is -2.17. The molecule has 154 valence electrons. The topological polar surface area (TPSA) is 145 Å². The van der Waals surface area contributed by atoms with Crippen LogP contribution in [0.25, 0.3) is 11.5 Å². The van der Waals surface area contributed by atoms with Crippen LogP contribution < -0.4 is 16.4 Å². The second-order valence-corrected chi connectivity index (χ2v) is 6.03. The average molecular weight is 408 g/mol. The number of nitrogens with zero attached hydrogens (tertiary/aromatic N) is 3. The zero-order valence-electron chi connectivity index (χ0n) is 15.9. The molecule has 3 rings (SSSR count). The fourth-order valence-corrected chi connectivity index (χ4v) is 2.66. The number of rotatable bonds is 9. The maximum Gasteiger partial charge on any atom is 0.407 e. The minimum Gasteiger partial charge on any atom is -0.463 e. The first-order valence-corrected chi connectivity index (χ1v) is 8.96. The molecule has 30 heavy (non-hydrogen) atoms. The third-order valence-corrected chi connectivity index (χ3v) is 3.93. The van der Waals surface area contributed by atoms with Crippen LogP contribution in [-0.4, -0.2) is 34.0 Å². The van der Waals surface area contributed by atoms with E-state index in [1.165, 1.54) is 6.26 Å². The molecule has 10 heteroatoms. The van der Waals surface area contributed by atoms with Gasteiger partial charge in [-0.2, -0.15) is 0 Å². The van der Waals surface area contributed by atoms with E-state index in [1.807, 2.05) is 0 Å². The van der Waals surface area contributed by atoms with Crippen LogP contribution in [0.4, 0.5) is 10.7 Å². The number of hydrogen-bond acceptors (Lipinski definition) is 8. The standard InChI is InChI=1S/C20H20N6O4/c1-2-8-22-20(28)30-11-13-5-3-6-14(24-13)18(23-12-27)16-10-15(25-19(21)26-16)17-7-4-9-29-17/h2-7,9-10,12,18H,1,8,11H2,(H,22,28)(H,23,27)(H2,21,25,26). The van der Waals surface area contributed by atoms with E-state index in [4.69, 9.17) is 14.9 Å². The Morgan fingerprint density at radius 3 is 2.83 bits per heavy atom. The van der Waals surface area contributed by atoms with Gasteiger partial charge in [0.1, 0.15) is 18.3 Å². The predicted molar refractivity (Wildman–Crippen MR) is 108 cm³/mol. The van der Waals surface area contributed by atoms with Crippen LogP contribution in [0.3, 0.4) is 0 Å². The number of anilines is 1. The van der Waals surface area contributed by atoms with E-state index in [-0.39, 0.29) is 12.6 Å². The molecule has 0 radical (unpaired) electrons. The van der Waals surface area contributed by atoms with Gasteiger partial charge in [0, 0.05) is 6.54 Å². The second-order valence-electron chi connectivity index (χ2n) is 6.03. The van der Waals surface area contributed by atoms with Gasteiger partial charge >= 0.3 is 6.09 Å². The SMILES string of the molecule is C=CCNC(=O)OCc1cccc(C(NC=O)c2cc(-c3ccco3)nc(N)n2)n1. The number of hydrogen-bond donors (Lipinski definition) is 3. The summed E-state index contributed by atoms with van der Waals surface area (Å²) < 4.78 is 10.5. The first-order chi connectivity index (χ1) is 14.6. The van der Waals surface area contributed by atoms with Gasteiger partial charge in [0.05, 0.1) is 23.3 Å². The number of nitrogen functional groups attached to an aromatic ring is 1. The molecule has 0 fully saturated rings. The van der Waals surface area contributed by atoms with Crippen molar-refractivity contribution in [1.82, 2.24) is 25.6 Å². The normalized spacial score (nSPS) is 11.3. The van der Waals surface area contributed by atoms with Gasteiger partial charge in [-0.15, -0.1) is 6.58 Å². The van der Waals surface area contributed by atoms with Crippen molar-refractivity contribution in [3.63, 3.8) is 0 Å². The van der Waals surface area contributed by atoms with Gasteiger partial charge < -0.3 is 25.5 Å². The number of ether oxygens (including phenoxy) is 1. The Balaban J connectivity index is 1.85. The van der Waals surface area contributed by atoms with Gasteiger partial charge in [-0.3, -0.25) is 9.78 Å². The van der Waals surface area contributed by atoms with Crippen molar-refractivity contribution in [2.75, 3.05) is 12.3 Å². The van der Waals surface area contributed by atoms with Crippen molar-refractivity contribution in [3.05, 3.63) is 72.4 Å². The minimum atomic E-state index is -0.698. The third kappa shape index (κ3) is 5.19. The highest BCUT2D eigenvalue weighted by atomic mass is 16.5. The Labute approximate surface area is 172 Å². The summed E-state index contributed by atoms with van der Waals surface area (Å²) in [6, 6.07) is 9.57. The van der Waals surface area contributed by atoms with E-state index < -0.39 is 12.1 Å². The first-order valence-electron chi connectivity index (χ1n) is 8.96. The third-order valence-electron chi connectivity index (χ3n) is 3.93. The summed E-state index contributed by atoms with van der Waals surface area (Å²) in [5.41, 5.74) is 7.73. The molecule has 1 atom stereocenters. The number of alkyl carbamates (subject to hydrolysis) is 1. The number of pyridine rings is 1. The molecule has 0 aliphatic rings. The molecule has 0 bridgehead atoms. The molecule has 10 nitrogen and oxygen atoms in total. The average Bonchev–Trinajstić information content (AvgIpc) is 3.29. The highest BCUT2D eigenvalue weighted by molar-refractivity contribution is 5.67. The van der Waals surface area contributed by atoms with Crippen LogP contribution in [-0.2, 0) is 16.1 Å². The highest BCUT2D eigenvalue weighted by Gasteiger charge is 2.20. The molecule has 1 unspecified atom stereocenters. The zero-order valence-corrected chi connectivity index (χ0v) is 15.9. The lowest BCUT2D eigenvalue weighted by atomic mass is 10.1. The summed E-state index contributed by atoms with van der Waals surface area (Å²) in [6.07, 6.45) is 3.02. The molecular weight excluding hydrogens is 388 g/mol. The maximum atomic E-state index is 11.6. The number of furan rings is 1. The van der Waals surface area contributed by atoms with E-state index in [0.29, 0.717) is 41.5 Å². The quantitative estimate of drug-likeness (QED) is 0.360. The smallest absolute Gasteiger partial charge is 0.407 e. The van der Waals surface area contributed by atoms with Crippen molar-refractivity contribution in [2.45, 2.75) is 12.6 Å². The van der Waals surface area contributed by atoms with Crippen molar-refractivity contribution in [2.24, 2.45) is 0 Å². The first kappa shape index (κ1) is 20.5. The predicted octanol–water partition coefficient (Wildman–Crippen LogP) is 1.96. The van der Waals surface area contributed by atoms with Gasteiger partial charge in [-0.25, -0.2) is 14.8 Å². The summed E-state index contributed by atoms with van der Waals surface area (Å²) in [5, 5.41) is 5.19. The lowest BCUT2D eigenvalue weighted by molar-refractivity contribution is -0.110. The molecule has 0 aromatic carbocycles. The van der Waals surface area contributed by atoms with E-state index in [9.17, 15) is 9.59 Å². The molecule has 0 aliphatic heterocycles. The van der Waals surface area contributed by atoms with Crippen molar-refractivity contribution < 1.29 is 18.7 Å². The molecule has 0 saturated heterocycles. The van der Waals surface area contributed by atoms with Crippen LogP contribution in [0.2, 0.25) is 0 Å². The number of carbonyl (C=O) groups is 2. The Bertz CT molecular complexity index is 1020. The number of amides is 2. The van der Waals surface area contributed by atoms with Crippen LogP contribution >= 0.6 is 0 Å². The van der Waals surface area contributed by atoms with Crippen LogP contribution in [0.5, 0.6) is 0 Å². The Kier molecular flexibility index (Phi) is 6.72. The number of nitrogens with one attached hydrogen (secondary N) is 2. The van der Waals surface area contributed by atoms with Gasteiger partial charge in [-0.05, 0) is 30.3 Å². The van der Waals surface area contributed by atoms with Crippen molar-refractivity contribution >= 4 is 18.5 Å². The largest absolute Gasteiger partial charge is 0.463 e. The summed E-state index contributed by atoms with van der Waals surface area (Å²) in [4.78, 5) is 35.7. The molecule has 2 amide bonds. The second kappa shape index (κ2) is 9.82. The maximum absolute atomic E-state index is 11.6. The molecule has 3 heterocycles. The summed E-state index contributed by atoms with van der Waals surface area (Å²) in [6.45, 7) is 3.76. The van der Waals surface area contributed by atoms with E-state index in [1.54, 1.807) is 42.5 Å². The lowest BCUT2D eigenvalue weighted by Crippen LogP contribution is -2.25. The number of carbonyl (C=O) groups excluding carboxylic acids is 2. The fraction of sp³-hybridized carbons (Fsp3) is 0.150. The Hall–Kier alpha value is -4.21.